The van der Waals surface area contributed by atoms with E-state index in [-0.39, 0.29) is 5.91 Å². The van der Waals surface area contributed by atoms with E-state index in [0.717, 1.165) is 16.7 Å². The molecule has 1 aromatic heterocycles. The highest BCUT2D eigenvalue weighted by atomic mass is 35.5. The zero-order valence-electron chi connectivity index (χ0n) is 15.1. The normalized spacial score (nSPS) is 11.2. The number of halogens is 1. The molecule has 4 nitrogen and oxygen atoms in total. The minimum Gasteiger partial charge on any atom is -0.436 e. The highest BCUT2D eigenvalue weighted by molar-refractivity contribution is 6.31. The Balaban J connectivity index is 1.59. The quantitative estimate of drug-likeness (QED) is 0.429. The van der Waals surface area contributed by atoms with Gasteiger partial charge in [-0.2, -0.15) is 0 Å². The van der Waals surface area contributed by atoms with Crippen LogP contribution in [0.25, 0.3) is 28.6 Å². The first kappa shape index (κ1) is 18.0. The van der Waals surface area contributed by atoms with Crippen LogP contribution < -0.4 is 5.32 Å². The van der Waals surface area contributed by atoms with Crippen molar-refractivity contribution in [1.29, 1.82) is 0 Å². The number of rotatable bonds is 4. The van der Waals surface area contributed by atoms with E-state index in [1.165, 1.54) is 6.08 Å². The standard InChI is InChI=1S/C23H17ClN2O2/c1-15-18(23-26-20-14-17(24)11-12-21(20)28-23)8-5-9-19(15)25-22(27)13-10-16-6-3-2-4-7-16/h2-14H,1H3,(H,25,27)/b13-10+. The van der Waals surface area contributed by atoms with Gasteiger partial charge in [0.15, 0.2) is 5.58 Å². The van der Waals surface area contributed by atoms with Crippen LogP contribution in [0.4, 0.5) is 5.69 Å². The van der Waals surface area contributed by atoms with Gasteiger partial charge in [0.2, 0.25) is 11.8 Å². The molecule has 28 heavy (non-hydrogen) atoms. The molecule has 0 unspecified atom stereocenters. The Morgan fingerprint density at radius 1 is 1.07 bits per heavy atom. The summed E-state index contributed by atoms with van der Waals surface area (Å²) in [5.74, 6) is 0.291. The number of carbonyl (C=O) groups is 1. The predicted molar refractivity (Wildman–Crippen MR) is 113 cm³/mol. The fourth-order valence-corrected chi connectivity index (χ4v) is 3.10. The Hall–Kier alpha value is -3.37. The van der Waals surface area contributed by atoms with Crippen LogP contribution in [0.2, 0.25) is 5.02 Å². The maximum absolute atomic E-state index is 12.3. The smallest absolute Gasteiger partial charge is 0.248 e. The van der Waals surface area contributed by atoms with Crippen molar-refractivity contribution < 1.29 is 9.21 Å². The number of hydrogen-bond acceptors (Lipinski definition) is 3. The second-order valence-corrected chi connectivity index (χ2v) is 6.78. The molecule has 1 N–H and O–H groups in total. The fourth-order valence-electron chi connectivity index (χ4n) is 2.93. The number of hydrogen-bond donors (Lipinski definition) is 1. The minimum absolute atomic E-state index is 0.201. The number of oxazole rings is 1. The lowest BCUT2D eigenvalue weighted by molar-refractivity contribution is -0.111. The molecule has 0 radical (unpaired) electrons. The van der Waals surface area contributed by atoms with E-state index in [1.54, 1.807) is 24.3 Å². The van der Waals surface area contributed by atoms with Crippen molar-refractivity contribution in [2.45, 2.75) is 6.92 Å². The molecule has 0 saturated carbocycles. The SMILES string of the molecule is Cc1c(NC(=O)/C=C/c2ccccc2)cccc1-c1nc2cc(Cl)ccc2o1. The Labute approximate surface area is 167 Å². The molecule has 0 spiro atoms. The summed E-state index contributed by atoms with van der Waals surface area (Å²) in [6, 6.07) is 20.6. The van der Waals surface area contributed by atoms with E-state index in [1.807, 2.05) is 55.5 Å². The molecular weight excluding hydrogens is 372 g/mol. The van der Waals surface area contributed by atoms with Gasteiger partial charge in [0.25, 0.3) is 0 Å². The van der Waals surface area contributed by atoms with Gasteiger partial charge in [0.1, 0.15) is 5.52 Å². The highest BCUT2D eigenvalue weighted by Crippen LogP contribution is 2.31. The summed E-state index contributed by atoms with van der Waals surface area (Å²) in [6.45, 7) is 1.92. The molecule has 138 valence electrons. The molecule has 5 heteroatoms. The van der Waals surface area contributed by atoms with Crippen LogP contribution in [-0.4, -0.2) is 10.9 Å². The molecule has 1 amide bonds. The van der Waals surface area contributed by atoms with E-state index in [9.17, 15) is 4.79 Å². The van der Waals surface area contributed by atoms with Gasteiger partial charge in [-0.05, 0) is 54.5 Å². The lowest BCUT2D eigenvalue weighted by Gasteiger charge is -2.09. The number of benzene rings is 3. The third kappa shape index (κ3) is 3.82. The molecule has 0 atom stereocenters. The molecule has 3 aromatic carbocycles. The summed E-state index contributed by atoms with van der Waals surface area (Å²) < 4.78 is 5.86. The average Bonchev–Trinajstić information content (AvgIpc) is 3.11. The lowest BCUT2D eigenvalue weighted by Crippen LogP contribution is -2.09. The summed E-state index contributed by atoms with van der Waals surface area (Å²) in [5, 5.41) is 3.52. The Morgan fingerprint density at radius 3 is 2.71 bits per heavy atom. The van der Waals surface area contributed by atoms with E-state index in [0.29, 0.717) is 27.7 Å². The first-order valence-corrected chi connectivity index (χ1v) is 9.18. The Kier molecular flexibility index (Phi) is 4.96. The van der Waals surface area contributed by atoms with Crippen LogP contribution in [-0.2, 0) is 4.79 Å². The molecule has 0 saturated heterocycles. The fraction of sp³-hybridized carbons (Fsp3) is 0.0435. The molecule has 1 heterocycles. The van der Waals surface area contributed by atoms with Gasteiger partial charge >= 0.3 is 0 Å². The molecule has 0 fully saturated rings. The molecule has 4 aromatic rings. The number of carbonyl (C=O) groups excluding carboxylic acids is 1. The summed E-state index contributed by atoms with van der Waals surface area (Å²) >= 11 is 6.03. The minimum atomic E-state index is -0.201. The first-order chi connectivity index (χ1) is 13.6. The molecule has 4 rings (SSSR count). The number of aromatic nitrogens is 1. The topological polar surface area (TPSA) is 55.1 Å². The summed E-state index contributed by atoms with van der Waals surface area (Å²) in [7, 11) is 0. The van der Waals surface area contributed by atoms with Gasteiger partial charge in [-0.3, -0.25) is 4.79 Å². The number of amides is 1. The molecule has 0 aliphatic carbocycles. The Morgan fingerprint density at radius 2 is 1.89 bits per heavy atom. The summed E-state index contributed by atoms with van der Waals surface area (Å²) in [4.78, 5) is 16.8. The van der Waals surface area contributed by atoms with Crippen LogP contribution in [0.3, 0.4) is 0 Å². The van der Waals surface area contributed by atoms with Crippen molar-refractivity contribution in [3.63, 3.8) is 0 Å². The lowest BCUT2D eigenvalue weighted by atomic mass is 10.1. The van der Waals surface area contributed by atoms with Crippen LogP contribution in [0.1, 0.15) is 11.1 Å². The molecule has 0 aliphatic heterocycles. The van der Waals surface area contributed by atoms with E-state index >= 15 is 0 Å². The summed E-state index contributed by atoms with van der Waals surface area (Å²) in [5.41, 5.74) is 4.73. The van der Waals surface area contributed by atoms with Gasteiger partial charge in [-0.15, -0.1) is 0 Å². The maximum Gasteiger partial charge on any atom is 0.248 e. The zero-order valence-corrected chi connectivity index (χ0v) is 15.9. The summed E-state index contributed by atoms with van der Waals surface area (Å²) in [6.07, 6.45) is 3.29. The number of nitrogens with zero attached hydrogens (tertiary/aromatic N) is 1. The monoisotopic (exact) mass is 388 g/mol. The average molecular weight is 389 g/mol. The third-order valence-corrected chi connectivity index (χ3v) is 4.63. The molecular formula is C23H17ClN2O2. The van der Waals surface area contributed by atoms with Crippen LogP contribution in [0, 0.1) is 6.92 Å². The molecule has 0 aliphatic rings. The molecule has 0 bridgehead atoms. The van der Waals surface area contributed by atoms with Gasteiger partial charge in [0.05, 0.1) is 0 Å². The van der Waals surface area contributed by atoms with Gasteiger partial charge in [-0.1, -0.05) is 48.0 Å². The number of fused-ring (bicyclic) bond motifs is 1. The van der Waals surface area contributed by atoms with Crippen molar-refractivity contribution in [2.24, 2.45) is 0 Å². The van der Waals surface area contributed by atoms with Crippen molar-refractivity contribution in [3.8, 4) is 11.5 Å². The zero-order chi connectivity index (χ0) is 19.5. The second kappa shape index (κ2) is 7.71. The van der Waals surface area contributed by atoms with Crippen molar-refractivity contribution in [3.05, 3.63) is 89.0 Å². The second-order valence-electron chi connectivity index (χ2n) is 6.34. The van der Waals surface area contributed by atoms with Crippen LogP contribution in [0.15, 0.2) is 77.2 Å². The van der Waals surface area contributed by atoms with Gasteiger partial charge < -0.3 is 9.73 Å². The van der Waals surface area contributed by atoms with Gasteiger partial charge in [0, 0.05) is 22.3 Å². The maximum atomic E-state index is 12.3. The number of nitrogens with one attached hydrogen (secondary N) is 1. The van der Waals surface area contributed by atoms with Crippen molar-refractivity contribution in [2.75, 3.05) is 5.32 Å². The van der Waals surface area contributed by atoms with Gasteiger partial charge in [-0.25, -0.2) is 4.98 Å². The van der Waals surface area contributed by atoms with Crippen molar-refractivity contribution in [1.82, 2.24) is 4.98 Å². The van der Waals surface area contributed by atoms with Crippen LogP contribution >= 0.6 is 11.6 Å². The predicted octanol–water partition coefficient (Wildman–Crippen LogP) is 6.11. The number of anilines is 1. The van der Waals surface area contributed by atoms with E-state index in [4.69, 9.17) is 16.0 Å². The van der Waals surface area contributed by atoms with Crippen molar-refractivity contribution >= 4 is 40.4 Å². The van der Waals surface area contributed by atoms with E-state index in [2.05, 4.69) is 10.3 Å². The van der Waals surface area contributed by atoms with Crippen LogP contribution in [0.5, 0.6) is 0 Å². The van der Waals surface area contributed by atoms with E-state index < -0.39 is 0 Å². The Bertz CT molecular complexity index is 1180. The highest BCUT2D eigenvalue weighted by Gasteiger charge is 2.13. The third-order valence-electron chi connectivity index (χ3n) is 4.40. The largest absolute Gasteiger partial charge is 0.436 e. The first-order valence-electron chi connectivity index (χ1n) is 8.80.